The number of sulfonamides is 1. The van der Waals surface area contributed by atoms with E-state index in [0.29, 0.717) is 17.9 Å². The Balaban J connectivity index is 1.75. The van der Waals surface area contributed by atoms with E-state index in [1.807, 2.05) is 11.9 Å². The normalized spacial score (nSPS) is 16.0. The van der Waals surface area contributed by atoms with E-state index in [1.165, 1.54) is 36.5 Å². The standard InChI is InChI=1S/C17H16Cl2N4O3S/c1-23-8-2-3-15(23)22-27(25,26)13-6-4-12(5-7-13)21-17(24)11-9-14(18)16(19)20-10-11/h4-7,9-10H,2-3,8H2,1H3,(H,21,24). The number of rotatable bonds is 4. The smallest absolute Gasteiger partial charge is 0.283 e. The van der Waals surface area contributed by atoms with Crippen LogP contribution in [0.15, 0.2) is 45.8 Å². The van der Waals surface area contributed by atoms with Gasteiger partial charge in [0.25, 0.3) is 15.9 Å². The Morgan fingerprint density at radius 3 is 2.56 bits per heavy atom. The van der Waals surface area contributed by atoms with Gasteiger partial charge in [0.15, 0.2) is 0 Å². The first kappa shape index (κ1) is 19.6. The Bertz CT molecular complexity index is 1010. The maximum Gasteiger partial charge on any atom is 0.283 e. The summed E-state index contributed by atoms with van der Waals surface area (Å²) < 4.78 is 28.7. The molecule has 0 unspecified atom stereocenters. The summed E-state index contributed by atoms with van der Waals surface area (Å²) in [6.07, 6.45) is 2.83. The minimum Gasteiger partial charge on any atom is -0.362 e. The van der Waals surface area contributed by atoms with Crippen molar-refractivity contribution >= 4 is 50.7 Å². The molecule has 3 rings (SSSR count). The van der Waals surface area contributed by atoms with Crippen LogP contribution in [-0.2, 0) is 10.0 Å². The first-order chi connectivity index (χ1) is 12.8. The van der Waals surface area contributed by atoms with Gasteiger partial charge >= 0.3 is 0 Å². The van der Waals surface area contributed by atoms with Gasteiger partial charge in [-0.15, -0.1) is 4.40 Å². The van der Waals surface area contributed by atoms with E-state index in [4.69, 9.17) is 23.2 Å². The molecule has 2 aromatic rings. The van der Waals surface area contributed by atoms with Crippen molar-refractivity contribution in [1.82, 2.24) is 9.88 Å². The Morgan fingerprint density at radius 2 is 1.96 bits per heavy atom. The third kappa shape index (κ3) is 4.58. The highest BCUT2D eigenvalue weighted by Crippen LogP contribution is 2.22. The van der Waals surface area contributed by atoms with Crippen LogP contribution in [-0.4, -0.2) is 43.6 Å². The minimum absolute atomic E-state index is 0.0597. The van der Waals surface area contributed by atoms with E-state index in [2.05, 4.69) is 14.7 Å². The van der Waals surface area contributed by atoms with Crippen molar-refractivity contribution in [2.75, 3.05) is 18.9 Å². The molecule has 0 atom stereocenters. The van der Waals surface area contributed by atoms with E-state index in [-0.39, 0.29) is 20.6 Å². The number of nitrogens with zero attached hydrogens (tertiary/aromatic N) is 3. The number of benzene rings is 1. The van der Waals surface area contributed by atoms with E-state index in [1.54, 1.807) is 0 Å². The summed E-state index contributed by atoms with van der Waals surface area (Å²) in [4.78, 5) is 17.9. The van der Waals surface area contributed by atoms with Gasteiger partial charge in [-0.2, -0.15) is 8.42 Å². The topological polar surface area (TPSA) is 91.7 Å². The van der Waals surface area contributed by atoms with Crippen LogP contribution < -0.4 is 5.32 Å². The molecule has 2 heterocycles. The number of anilines is 1. The summed E-state index contributed by atoms with van der Waals surface area (Å²) in [6.45, 7) is 0.795. The molecule has 7 nitrogen and oxygen atoms in total. The van der Waals surface area contributed by atoms with Crippen LogP contribution in [0.5, 0.6) is 0 Å². The highest BCUT2D eigenvalue weighted by molar-refractivity contribution is 7.90. The molecule has 0 aliphatic carbocycles. The summed E-state index contributed by atoms with van der Waals surface area (Å²) in [5, 5.41) is 2.92. The molecule has 1 N–H and O–H groups in total. The lowest BCUT2D eigenvalue weighted by Gasteiger charge is -2.11. The van der Waals surface area contributed by atoms with Crippen LogP contribution in [0.1, 0.15) is 23.2 Å². The van der Waals surface area contributed by atoms with Crippen LogP contribution in [0, 0.1) is 0 Å². The lowest BCUT2D eigenvalue weighted by atomic mass is 10.2. The van der Waals surface area contributed by atoms with Gasteiger partial charge in [-0.05, 0) is 36.8 Å². The Hall–Kier alpha value is -2.16. The zero-order valence-electron chi connectivity index (χ0n) is 14.3. The van der Waals surface area contributed by atoms with Crippen LogP contribution in [0.25, 0.3) is 0 Å². The number of amides is 1. The molecule has 0 bridgehead atoms. The number of amidine groups is 1. The zero-order chi connectivity index (χ0) is 19.6. The summed E-state index contributed by atoms with van der Waals surface area (Å²) in [6, 6.07) is 7.19. The van der Waals surface area contributed by atoms with Crippen molar-refractivity contribution < 1.29 is 13.2 Å². The average molecular weight is 427 g/mol. The number of halogens is 2. The first-order valence-corrected chi connectivity index (χ1v) is 10.2. The average Bonchev–Trinajstić information content (AvgIpc) is 3.02. The fourth-order valence-electron chi connectivity index (χ4n) is 2.56. The van der Waals surface area contributed by atoms with Gasteiger partial charge in [-0.25, -0.2) is 4.98 Å². The molecule has 142 valence electrons. The van der Waals surface area contributed by atoms with E-state index in [9.17, 15) is 13.2 Å². The Kier molecular flexibility index (Phi) is 5.69. The molecular formula is C17H16Cl2N4O3S. The van der Waals surface area contributed by atoms with Gasteiger partial charge in [-0.1, -0.05) is 23.2 Å². The van der Waals surface area contributed by atoms with Crippen LogP contribution in [0.4, 0.5) is 5.69 Å². The molecule has 0 saturated carbocycles. The SMILES string of the molecule is CN1CCCC1=NS(=O)(=O)c1ccc(NC(=O)c2cnc(Cl)c(Cl)c2)cc1. The number of likely N-dealkylation sites (tertiary alicyclic amines) is 1. The zero-order valence-corrected chi connectivity index (χ0v) is 16.6. The molecule has 0 radical (unpaired) electrons. The van der Waals surface area contributed by atoms with Gasteiger partial charge in [0.05, 0.1) is 15.5 Å². The Morgan fingerprint density at radius 1 is 1.26 bits per heavy atom. The largest absolute Gasteiger partial charge is 0.362 e. The number of hydrogen-bond donors (Lipinski definition) is 1. The van der Waals surface area contributed by atoms with Crippen molar-refractivity contribution in [2.24, 2.45) is 4.40 Å². The minimum atomic E-state index is -3.79. The number of pyridine rings is 1. The predicted octanol–water partition coefficient (Wildman–Crippen LogP) is 3.45. The monoisotopic (exact) mass is 426 g/mol. The molecule has 1 aliphatic rings. The molecular weight excluding hydrogens is 411 g/mol. The highest BCUT2D eigenvalue weighted by atomic mass is 35.5. The second-order valence-electron chi connectivity index (χ2n) is 5.98. The first-order valence-electron chi connectivity index (χ1n) is 8.04. The molecule has 1 saturated heterocycles. The molecule has 1 aromatic heterocycles. The molecule has 10 heteroatoms. The highest BCUT2D eigenvalue weighted by Gasteiger charge is 2.20. The maximum atomic E-state index is 12.4. The van der Waals surface area contributed by atoms with Crippen molar-refractivity contribution in [3.05, 3.63) is 52.3 Å². The van der Waals surface area contributed by atoms with Crippen LogP contribution >= 0.6 is 23.2 Å². The van der Waals surface area contributed by atoms with Crippen molar-refractivity contribution in [3.63, 3.8) is 0 Å². The van der Waals surface area contributed by atoms with Gasteiger partial charge in [-0.3, -0.25) is 4.79 Å². The molecule has 0 spiro atoms. The van der Waals surface area contributed by atoms with Gasteiger partial charge in [0.2, 0.25) is 0 Å². The molecule has 1 aromatic carbocycles. The van der Waals surface area contributed by atoms with E-state index in [0.717, 1.165) is 13.0 Å². The van der Waals surface area contributed by atoms with Gasteiger partial charge in [0, 0.05) is 31.9 Å². The quantitative estimate of drug-likeness (QED) is 0.755. The van der Waals surface area contributed by atoms with E-state index < -0.39 is 15.9 Å². The van der Waals surface area contributed by atoms with Crippen molar-refractivity contribution in [1.29, 1.82) is 0 Å². The van der Waals surface area contributed by atoms with Gasteiger partial charge in [0.1, 0.15) is 11.0 Å². The second-order valence-corrected chi connectivity index (χ2v) is 8.35. The third-order valence-electron chi connectivity index (χ3n) is 4.03. The lowest BCUT2D eigenvalue weighted by molar-refractivity contribution is 0.102. The fourth-order valence-corrected chi connectivity index (χ4v) is 3.92. The summed E-state index contributed by atoms with van der Waals surface area (Å²) in [7, 11) is -1.98. The van der Waals surface area contributed by atoms with Crippen molar-refractivity contribution in [3.8, 4) is 0 Å². The number of nitrogens with one attached hydrogen (secondary N) is 1. The van der Waals surface area contributed by atoms with Crippen LogP contribution in [0.3, 0.4) is 0 Å². The molecule has 1 aliphatic heterocycles. The summed E-state index contributed by atoms with van der Waals surface area (Å²) >= 11 is 11.6. The summed E-state index contributed by atoms with van der Waals surface area (Å²) in [5.41, 5.74) is 0.660. The lowest BCUT2D eigenvalue weighted by Crippen LogP contribution is -2.20. The number of carbonyl (C=O) groups is 1. The molecule has 27 heavy (non-hydrogen) atoms. The third-order valence-corrected chi connectivity index (χ3v) is 6.03. The molecule has 1 amide bonds. The second kappa shape index (κ2) is 7.84. The Labute approximate surface area is 167 Å². The van der Waals surface area contributed by atoms with E-state index >= 15 is 0 Å². The number of hydrogen-bond acceptors (Lipinski definition) is 4. The van der Waals surface area contributed by atoms with Crippen LogP contribution in [0.2, 0.25) is 10.2 Å². The van der Waals surface area contributed by atoms with Gasteiger partial charge < -0.3 is 10.2 Å². The number of carbonyl (C=O) groups excluding carboxylic acids is 1. The number of aromatic nitrogens is 1. The maximum absolute atomic E-state index is 12.4. The predicted molar refractivity (Wildman–Crippen MR) is 105 cm³/mol. The molecule has 1 fully saturated rings. The van der Waals surface area contributed by atoms with Crippen molar-refractivity contribution in [2.45, 2.75) is 17.7 Å². The fraction of sp³-hybridized carbons (Fsp3) is 0.235. The summed E-state index contributed by atoms with van der Waals surface area (Å²) in [5.74, 6) is 0.115.